The first kappa shape index (κ1) is 17.3. The molecule has 1 aromatic heterocycles. The zero-order valence-electron chi connectivity index (χ0n) is 13.3. The van der Waals surface area contributed by atoms with Gasteiger partial charge < -0.3 is 15.1 Å². The number of aromatic nitrogens is 1. The predicted molar refractivity (Wildman–Crippen MR) is 100 cm³/mol. The van der Waals surface area contributed by atoms with Crippen LogP contribution in [0.1, 0.15) is 11.8 Å². The molecule has 1 aromatic carbocycles. The average molecular weight is 385 g/mol. The van der Waals surface area contributed by atoms with E-state index >= 15 is 0 Å². The molecular formula is C16H18Cl2N4OS. The van der Waals surface area contributed by atoms with Gasteiger partial charge in [0.25, 0.3) is 0 Å². The number of anilines is 2. The smallest absolute Gasteiger partial charge is 0.219 e. The fraction of sp³-hybridized carbons (Fsp3) is 0.375. The van der Waals surface area contributed by atoms with Gasteiger partial charge in [0, 0.05) is 49.2 Å². The van der Waals surface area contributed by atoms with Gasteiger partial charge in [0.05, 0.1) is 17.9 Å². The van der Waals surface area contributed by atoms with Crippen molar-refractivity contribution in [3.8, 4) is 0 Å². The van der Waals surface area contributed by atoms with Gasteiger partial charge in [0.1, 0.15) is 0 Å². The fourth-order valence-corrected chi connectivity index (χ4v) is 3.83. The molecule has 0 aliphatic carbocycles. The molecule has 1 amide bonds. The van der Waals surface area contributed by atoms with E-state index in [9.17, 15) is 4.79 Å². The summed E-state index contributed by atoms with van der Waals surface area (Å²) >= 11 is 13.5. The van der Waals surface area contributed by atoms with E-state index in [4.69, 9.17) is 23.2 Å². The maximum atomic E-state index is 11.5. The standard InChI is InChI=1S/C16H18Cl2N4OS/c1-11(23)21-4-6-22(7-5-21)15-3-2-12(17)8-14(15)19-9-13-10-20-16(18)24-13/h2-3,8,10,19H,4-7,9H2,1H3. The zero-order valence-corrected chi connectivity index (χ0v) is 15.6. The van der Waals surface area contributed by atoms with Gasteiger partial charge in [-0.05, 0) is 18.2 Å². The Hall–Kier alpha value is -1.50. The molecule has 0 radical (unpaired) electrons. The van der Waals surface area contributed by atoms with E-state index in [1.165, 1.54) is 11.3 Å². The second-order valence-electron chi connectivity index (χ2n) is 5.59. The summed E-state index contributed by atoms with van der Waals surface area (Å²) in [5.41, 5.74) is 2.07. The molecule has 8 heteroatoms. The molecule has 0 bridgehead atoms. The van der Waals surface area contributed by atoms with E-state index in [1.54, 1.807) is 13.1 Å². The number of nitrogens with zero attached hydrogens (tertiary/aromatic N) is 3. The van der Waals surface area contributed by atoms with Crippen LogP contribution in [-0.4, -0.2) is 42.0 Å². The second-order valence-corrected chi connectivity index (χ2v) is 7.72. The maximum Gasteiger partial charge on any atom is 0.219 e. The molecule has 0 spiro atoms. The van der Waals surface area contributed by atoms with Crippen LogP contribution in [0.15, 0.2) is 24.4 Å². The Balaban J connectivity index is 1.72. The first-order valence-corrected chi connectivity index (χ1v) is 9.24. The number of nitrogens with one attached hydrogen (secondary N) is 1. The number of amides is 1. The van der Waals surface area contributed by atoms with Gasteiger partial charge >= 0.3 is 0 Å². The molecule has 2 aromatic rings. The lowest BCUT2D eigenvalue weighted by Gasteiger charge is -2.36. The molecule has 1 fully saturated rings. The van der Waals surface area contributed by atoms with Gasteiger partial charge in [-0.1, -0.05) is 23.2 Å². The maximum absolute atomic E-state index is 11.5. The molecule has 1 saturated heterocycles. The van der Waals surface area contributed by atoms with Crippen molar-refractivity contribution >= 4 is 51.8 Å². The molecule has 1 N–H and O–H groups in total. The van der Waals surface area contributed by atoms with E-state index in [0.717, 1.165) is 42.4 Å². The minimum absolute atomic E-state index is 0.131. The van der Waals surface area contributed by atoms with Crippen LogP contribution in [0, 0.1) is 0 Å². The molecular weight excluding hydrogens is 367 g/mol. The lowest BCUT2D eigenvalue weighted by atomic mass is 10.2. The minimum Gasteiger partial charge on any atom is -0.378 e. The normalized spacial score (nSPS) is 14.8. The van der Waals surface area contributed by atoms with Crippen LogP contribution >= 0.6 is 34.5 Å². The Morgan fingerprint density at radius 1 is 1.29 bits per heavy atom. The molecule has 2 heterocycles. The number of halogens is 2. The number of carbonyl (C=O) groups is 1. The summed E-state index contributed by atoms with van der Waals surface area (Å²) in [5, 5.41) is 4.11. The molecule has 0 atom stereocenters. The zero-order chi connectivity index (χ0) is 17.1. The number of hydrogen-bond donors (Lipinski definition) is 1. The number of benzene rings is 1. The number of thiazole rings is 1. The van der Waals surface area contributed by atoms with Crippen LogP contribution in [0.2, 0.25) is 9.49 Å². The number of rotatable bonds is 4. The van der Waals surface area contributed by atoms with Crippen LogP contribution < -0.4 is 10.2 Å². The number of hydrogen-bond acceptors (Lipinski definition) is 5. The summed E-state index contributed by atoms with van der Waals surface area (Å²) < 4.78 is 0.540. The van der Waals surface area contributed by atoms with Gasteiger partial charge in [-0.25, -0.2) is 4.98 Å². The van der Waals surface area contributed by atoms with Crippen molar-refractivity contribution in [1.82, 2.24) is 9.88 Å². The van der Waals surface area contributed by atoms with E-state index in [2.05, 4.69) is 15.2 Å². The summed E-state index contributed by atoms with van der Waals surface area (Å²) in [4.78, 5) is 20.7. The number of piperazine rings is 1. The van der Waals surface area contributed by atoms with Crippen molar-refractivity contribution in [3.05, 3.63) is 38.8 Å². The highest BCUT2D eigenvalue weighted by Gasteiger charge is 2.20. The highest BCUT2D eigenvalue weighted by atomic mass is 35.5. The van der Waals surface area contributed by atoms with Crippen molar-refractivity contribution in [2.75, 3.05) is 36.4 Å². The van der Waals surface area contributed by atoms with Crippen LogP contribution in [0.25, 0.3) is 0 Å². The topological polar surface area (TPSA) is 48.5 Å². The third-order valence-corrected chi connectivity index (χ3v) is 5.35. The Bertz CT molecular complexity index is 729. The van der Waals surface area contributed by atoms with Crippen LogP contribution in [0.3, 0.4) is 0 Å². The third kappa shape index (κ3) is 4.12. The Labute approximate surface area is 155 Å². The van der Waals surface area contributed by atoms with Crippen molar-refractivity contribution in [2.45, 2.75) is 13.5 Å². The minimum atomic E-state index is 0.131. The Morgan fingerprint density at radius 3 is 2.67 bits per heavy atom. The molecule has 24 heavy (non-hydrogen) atoms. The molecule has 0 saturated carbocycles. The quantitative estimate of drug-likeness (QED) is 0.872. The molecule has 5 nitrogen and oxygen atoms in total. The predicted octanol–water partition coefficient (Wildman–Crippen LogP) is 3.73. The molecule has 128 valence electrons. The lowest BCUT2D eigenvalue weighted by Crippen LogP contribution is -2.48. The van der Waals surface area contributed by atoms with Crippen molar-refractivity contribution < 1.29 is 4.79 Å². The molecule has 1 aliphatic heterocycles. The summed E-state index contributed by atoms with van der Waals surface area (Å²) in [6, 6.07) is 5.84. The Morgan fingerprint density at radius 2 is 2.04 bits per heavy atom. The molecule has 3 rings (SSSR count). The van der Waals surface area contributed by atoms with Gasteiger partial charge in [-0.3, -0.25) is 4.79 Å². The van der Waals surface area contributed by atoms with Crippen LogP contribution in [0.4, 0.5) is 11.4 Å². The van der Waals surface area contributed by atoms with Crippen LogP contribution in [0.5, 0.6) is 0 Å². The molecule has 0 unspecified atom stereocenters. The monoisotopic (exact) mass is 384 g/mol. The first-order valence-electron chi connectivity index (χ1n) is 7.67. The molecule has 1 aliphatic rings. The van der Waals surface area contributed by atoms with Gasteiger partial charge in [0.2, 0.25) is 5.91 Å². The highest BCUT2D eigenvalue weighted by Crippen LogP contribution is 2.31. The highest BCUT2D eigenvalue weighted by molar-refractivity contribution is 7.15. The second kappa shape index (κ2) is 7.59. The van der Waals surface area contributed by atoms with E-state index < -0.39 is 0 Å². The summed E-state index contributed by atoms with van der Waals surface area (Å²) in [5.74, 6) is 0.131. The lowest BCUT2D eigenvalue weighted by molar-refractivity contribution is -0.129. The van der Waals surface area contributed by atoms with Crippen molar-refractivity contribution in [3.63, 3.8) is 0 Å². The van der Waals surface area contributed by atoms with Gasteiger partial charge in [0.15, 0.2) is 4.47 Å². The fourth-order valence-electron chi connectivity index (χ4n) is 2.74. The summed E-state index contributed by atoms with van der Waals surface area (Å²) in [6.07, 6.45) is 1.77. The van der Waals surface area contributed by atoms with Crippen LogP contribution in [-0.2, 0) is 11.3 Å². The SMILES string of the molecule is CC(=O)N1CCN(c2ccc(Cl)cc2NCc2cnc(Cl)s2)CC1. The third-order valence-electron chi connectivity index (χ3n) is 4.00. The summed E-state index contributed by atoms with van der Waals surface area (Å²) in [6.45, 7) is 5.35. The van der Waals surface area contributed by atoms with Gasteiger partial charge in [-0.2, -0.15) is 0 Å². The van der Waals surface area contributed by atoms with Gasteiger partial charge in [-0.15, -0.1) is 11.3 Å². The van der Waals surface area contributed by atoms with Crippen molar-refractivity contribution in [2.24, 2.45) is 0 Å². The summed E-state index contributed by atoms with van der Waals surface area (Å²) in [7, 11) is 0. The Kier molecular flexibility index (Phi) is 5.48. The average Bonchev–Trinajstić information content (AvgIpc) is 2.98. The number of carbonyl (C=O) groups excluding carboxylic acids is 1. The van der Waals surface area contributed by atoms with Crippen molar-refractivity contribution in [1.29, 1.82) is 0 Å². The largest absolute Gasteiger partial charge is 0.378 e. The van der Waals surface area contributed by atoms with E-state index in [0.29, 0.717) is 16.0 Å². The first-order chi connectivity index (χ1) is 11.5. The van der Waals surface area contributed by atoms with E-state index in [1.807, 2.05) is 23.1 Å². The van der Waals surface area contributed by atoms with E-state index in [-0.39, 0.29) is 5.91 Å².